The van der Waals surface area contributed by atoms with Crippen molar-refractivity contribution in [1.29, 1.82) is 0 Å². The first-order valence-corrected chi connectivity index (χ1v) is 19.0. The van der Waals surface area contributed by atoms with E-state index in [4.69, 9.17) is 15.0 Å². The summed E-state index contributed by atoms with van der Waals surface area (Å²) in [5.41, 5.74) is 16.5. The van der Waals surface area contributed by atoms with Crippen molar-refractivity contribution in [3.05, 3.63) is 113 Å². The predicted octanol–water partition coefficient (Wildman–Crippen LogP) is 13.3. The number of H-pyrrole nitrogens is 1. The molecule has 0 spiro atoms. The summed E-state index contributed by atoms with van der Waals surface area (Å²) in [4.78, 5) is 20.5. The first kappa shape index (κ1) is 35.0. The van der Waals surface area contributed by atoms with E-state index in [1.54, 1.807) is 0 Å². The van der Waals surface area contributed by atoms with Gasteiger partial charge < -0.3 is 4.98 Å². The molecule has 0 unspecified atom stereocenters. The molecule has 0 radical (unpaired) electrons. The van der Waals surface area contributed by atoms with Crippen LogP contribution in [0.15, 0.2) is 91.0 Å². The van der Waals surface area contributed by atoms with Crippen LogP contribution in [0.1, 0.15) is 105 Å². The third-order valence-electron chi connectivity index (χ3n) is 10.9. The smallest absolute Gasteiger partial charge is 0.0900 e. The summed E-state index contributed by atoms with van der Waals surface area (Å²) < 4.78 is 0. The number of pyridine rings is 3. The Morgan fingerprint density at radius 3 is 1.13 bits per heavy atom. The van der Waals surface area contributed by atoms with Crippen LogP contribution in [0.5, 0.6) is 0 Å². The van der Waals surface area contributed by atoms with Crippen molar-refractivity contribution < 1.29 is 0 Å². The third-order valence-corrected chi connectivity index (χ3v) is 10.9. The lowest BCUT2D eigenvalue weighted by atomic mass is 9.82. The van der Waals surface area contributed by atoms with Gasteiger partial charge in [-0.2, -0.15) is 0 Å². The van der Waals surface area contributed by atoms with Crippen LogP contribution >= 0.6 is 0 Å². The largest absolute Gasteiger partial charge is 0.353 e. The van der Waals surface area contributed by atoms with Crippen molar-refractivity contribution in [3.63, 3.8) is 0 Å². The Hall–Kier alpha value is -5.09. The van der Waals surface area contributed by atoms with Crippen LogP contribution in [-0.4, -0.2) is 19.9 Å². The van der Waals surface area contributed by atoms with Crippen molar-refractivity contribution >= 4 is 21.8 Å². The maximum absolute atomic E-state index is 5.52. The number of benzene rings is 3. The van der Waals surface area contributed by atoms with Gasteiger partial charge in [0.05, 0.1) is 45.2 Å². The minimum absolute atomic E-state index is 0.0810. The van der Waals surface area contributed by atoms with E-state index in [9.17, 15) is 0 Å². The van der Waals surface area contributed by atoms with Crippen molar-refractivity contribution in [2.75, 3.05) is 0 Å². The van der Waals surface area contributed by atoms with Gasteiger partial charge in [-0.05, 0) is 116 Å². The number of nitrogens with one attached hydrogen (secondary N) is 1. The summed E-state index contributed by atoms with van der Waals surface area (Å²) in [6, 6.07) is 33.6. The second-order valence-electron chi connectivity index (χ2n) is 19.3. The minimum Gasteiger partial charge on any atom is -0.353 e. The zero-order valence-corrected chi connectivity index (χ0v) is 33.5. The van der Waals surface area contributed by atoms with Gasteiger partial charge in [0.25, 0.3) is 0 Å². The van der Waals surface area contributed by atoms with Gasteiger partial charge >= 0.3 is 0 Å². The molecule has 4 heteroatoms. The highest BCUT2D eigenvalue weighted by Gasteiger charge is 2.27. The summed E-state index contributed by atoms with van der Waals surface area (Å²) in [6.07, 6.45) is 0. The van der Waals surface area contributed by atoms with Crippen molar-refractivity contribution in [2.24, 2.45) is 0 Å². The Bertz CT molecular complexity index is 2580. The average Bonchev–Trinajstić information content (AvgIpc) is 3.47. The van der Waals surface area contributed by atoms with E-state index in [2.05, 4.69) is 179 Å². The summed E-state index contributed by atoms with van der Waals surface area (Å²) in [5.74, 6) is 0. The molecule has 8 rings (SSSR count). The normalized spacial score (nSPS) is 13.3. The van der Waals surface area contributed by atoms with Crippen molar-refractivity contribution in [2.45, 2.75) is 105 Å². The maximum atomic E-state index is 5.52. The van der Waals surface area contributed by atoms with Gasteiger partial charge in [-0.3, -0.25) is 0 Å². The molecule has 8 bridgehead atoms. The first-order valence-electron chi connectivity index (χ1n) is 19.0. The highest BCUT2D eigenvalue weighted by molar-refractivity contribution is 6.16. The topological polar surface area (TPSA) is 54.5 Å². The van der Waals surface area contributed by atoms with Crippen LogP contribution in [0, 0.1) is 0 Å². The molecule has 0 atom stereocenters. The zero-order valence-electron chi connectivity index (χ0n) is 33.5. The molecule has 0 saturated carbocycles. The summed E-state index contributed by atoms with van der Waals surface area (Å²) in [7, 11) is 0. The highest BCUT2D eigenvalue weighted by Crippen LogP contribution is 2.44. The van der Waals surface area contributed by atoms with Crippen LogP contribution in [0.25, 0.3) is 78.2 Å². The van der Waals surface area contributed by atoms with E-state index in [0.717, 1.165) is 67.5 Å². The van der Waals surface area contributed by atoms with Gasteiger partial charge in [-0.1, -0.05) is 113 Å². The molecule has 1 aliphatic heterocycles. The Labute approximate surface area is 315 Å². The molecular weight excluding hydrogens is 645 g/mol. The molecule has 0 saturated heterocycles. The second-order valence-corrected chi connectivity index (χ2v) is 19.3. The van der Waals surface area contributed by atoms with Crippen molar-refractivity contribution in [3.8, 4) is 56.4 Å². The second kappa shape index (κ2) is 11.7. The Morgan fingerprint density at radius 1 is 0.358 bits per heavy atom. The maximum Gasteiger partial charge on any atom is 0.0900 e. The monoisotopic (exact) mass is 696 g/mol. The molecule has 4 nitrogen and oxygen atoms in total. The van der Waals surface area contributed by atoms with Gasteiger partial charge in [0.2, 0.25) is 0 Å². The molecule has 0 aliphatic carbocycles. The van der Waals surface area contributed by atoms with E-state index < -0.39 is 0 Å². The minimum atomic E-state index is -0.124. The number of fused-ring (bicyclic) bond motifs is 11. The Kier molecular flexibility index (Phi) is 7.72. The number of aromatic nitrogens is 4. The van der Waals surface area contributed by atoms with Gasteiger partial charge in [-0.25, -0.2) is 15.0 Å². The molecule has 1 N–H and O–H groups in total. The molecule has 7 aromatic rings. The fourth-order valence-corrected chi connectivity index (χ4v) is 7.43. The SMILES string of the molecule is CC(C)(C)c1cc2nc(c1)-c1cc(C(C)(C)C)cc(n1)-c1cc(C(C)(C)C)cc3c1[nH]c1c(cc(C(C)(C)C)cc13)-c1cc(-c3ccccc3)cc-2n1. The quantitative estimate of drug-likeness (QED) is 0.186. The molecule has 268 valence electrons. The van der Waals surface area contributed by atoms with Crippen molar-refractivity contribution in [1.82, 2.24) is 19.9 Å². The highest BCUT2D eigenvalue weighted by atomic mass is 14.8. The molecule has 1 aliphatic rings. The zero-order chi connectivity index (χ0) is 37.8. The Morgan fingerprint density at radius 2 is 0.698 bits per heavy atom. The predicted molar refractivity (Wildman–Crippen MR) is 225 cm³/mol. The van der Waals surface area contributed by atoms with Crippen LogP contribution in [0.3, 0.4) is 0 Å². The molecule has 4 aromatic heterocycles. The van der Waals surface area contributed by atoms with Gasteiger partial charge in [0, 0.05) is 21.9 Å². The Balaban J connectivity index is 1.63. The summed E-state index contributed by atoms with van der Waals surface area (Å²) >= 11 is 0. The summed E-state index contributed by atoms with van der Waals surface area (Å²) in [5, 5.41) is 2.42. The average molecular weight is 697 g/mol. The molecule has 3 aromatic carbocycles. The van der Waals surface area contributed by atoms with E-state index >= 15 is 0 Å². The van der Waals surface area contributed by atoms with Gasteiger partial charge in [-0.15, -0.1) is 0 Å². The lowest BCUT2D eigenvalue weighted by molar-refractivity contribution is 0.588. The van der Waals surface area contributed by atoms with Crippen LogP contribution in [-0.2, 0) is 21.7 Å². The van der Waals surface area contributed by atoms with E-state index in [1.165, 1.54) is 33.0 Å². The van der Waals surface area contributed by atoms with Gasteiger partial charge in [0.1, 0.15) is 0 Å². The molecular formula is C49H52N4. The van der Waals surface area contributed by atoms with Gasteiger partial charge in [0.15, 0.2) is 0 Å². The lowest BCUT2D eigenvalue weighted by Gasteiger charge is -2.24. The van der Waals surface area contributed by atoms with E-state index in [-0.39, 0.29) is 21.7 Å². The number of hydrogen-bond acceptors (Lipinski definition) is 3. The standard InChI is InChI=1S/C49H52N4/c1-46(2,3)30-20-34-35-21-31(47(4,5)6)23-37-39-24-32(48(7,8)9)25-42(51-39)43-27-33(49(10,11)12)26-41(52-43)40-19-29(28-16-14-13-15-17-28)18-38(50-40)36(22-30)44(34)53-45(35)37/h13-27,53H,1-12H3. The third kappa shape index (κ3) is 6.26. The number of hydrogen-bond donors (Lipinski definition) is 1. The number of aromatic amines is 1. The number of rotatable bonds is 1. The van der Waals surface area contributed by atoms with E-state index in [0.29, 0.717) is 0 Å². The molecule has 5 heterocycles. The summed E-state index contributed by atoms with van der Waals surface area (Å²) in [6.45, 7) is 27.4. The number of nitrogens with zero attached hydrogens (tertiary/aromatic N) is 3. The molecule has 53 heavy (non-hydrogen) atoms. The molecule has 0 amide bonds. The molecule has 0 fully saturated rings. The van der Waals surface area contributed by atoms with Crippen LogP contribution in [0.2, 0.25) is 0 Å². The first-order chi connectivity index (χ1) is 24.7. The van der Waals surface area contributed by atoms with E-state index in [1.807, 2.05) is 0 Å². The fourth-order valence-electron chi connectivity index (χ4n) is 7.43. The van der Waals surface area contributed by atoms with Crippen LogP contribution in [0.4, 0.5) is 0 Å². The lowest BCUT2D eigenvalue weighted by Crippen LogP contribution is -2.14. The fraction of sp³-hybridized carbons (Fsp3) is 0.327. The van der Waals surface area contributed by atoms with Crippen LogP contribution < -0.4 is 0 Å².